The molecule has 0 fully saturated rings. The third-order valence-electron chi connectivity index (χ3n) is 2.55. The van der Waals surface area contributed by atoms with Gasteiger partial charge in [0.1, 0.15) is 0 Å². The van der Waals surface area contributed by atoms with Gasteiger partial charge >= 0.3 is 0 Å². The van der Waals surface area contributed by atoms with E-state index in [1.165, 1.54) is 11.1 Å². The lowest BCUT2D eigenvalue weighted by atomic mass is 10.0. The van der Waals surface area contributed by atoms with Crippen LogP contribution in [0, 0.1) is 6.92 Å². The van der Waals surface area contributed by atoms with Gasteiger partial charge in [-0.2, -0.15) is 0 Å². The molecule has 1 rings (SSSR count). The van der Waals surface area contributed by atoms with Gasteiger partial charge in [-0.05, 0) is 39.7 Å². The molecule has 16 heavy (non-hydrogen) atoms. The molecule has 0 aliphatic carbocycles. The fourth-order valence-corrected chi connectivity index (χ4v) is 1.57. The Kier molecular flexibility index (Phi) is 4.51. The highest BCUT2D eigenvalue weighted by Gasteiger charge is 2.13. The van der Waals surface area contributed by atoms with E-state index in [1.807, 2.05) is 13.8 Å². The van der Waals surface area contributed by atoms with E-state index < -0.39 is 5.60 Å². The van der Waals surface area contributed by atoms with Crippen molar-refractivity contribution in [2.24, 2.45) is 0 Å². The standard InChI is InChI=1S/C14H23NO/c1-11-5-7-13(8-6-11)9-12(2)15-10-14(3,4)16/h5-8,12,15-16H,9-10H2,1-4H3. The lowest BCUT2D eigenvalue weighted by Crippen LogP contribution is -2.40. The fourth-order valence-electron chi connectivity index (χ4n) is 1.57. The van der Waals surface area contributed by atoms with Crippen LogP contribution in [0.25, 0.3) is 0 Å². The normalized spacial score (nSPS) is 13.8. The minimum Gasteiger partial charge on any atom is -0.389 e. The highest BCUT2D eigenvalue weighted by atomic mass is 16.3. The molecule has 1 aromatic carbocycles. The number of nitrogens with one attached hydrogen (secondary N) is 1. The van der Waals surface area contributed by atoms with E-state index in [2.05, 4.69) is 43.4 Å². The molecule has 0 heterocycles. The monoisotopic (exact) mass is 221 g/mol. The Labute approximate surface area is 98.7 Å². The third-order valence-corrected chi connectivity index (χ3v) is 2.55. The maximum Gasteiger partial charge on any atom is 0.0715 e. The second-order valence-corrected chi connectivity index (χ2v) is 5.28. The first-order chi connectivity index (χ1) is 7.37. The van der Waals surface area contributed by atoms with Crippen LogP contribution in [0.4, 0.5) is 0 Å². The minimum atomic E-state index is -0.637. The first-order valence-corrected chi connectivity index (χ1v) is 5.88. The van der Waals surface area contributed by atoms with Crippen LogP contribution in [0.2, 0.25) is 0 Å². The highest BCUT2D eigenvalue weighted by molar-refractivity contribution is 5.21. The lowest BCUT2D eigenvalue weighted by Gasteiger charge is -2.21. The molecule has 1 aromatic rings. The molecule has 0 saturated heterocycles. The first-order valence-electron chi connectivity index (χ1n) is 5.88. The zero-order valence-electron chi connectivity index (χ0n) is 10.7. The van der Waals surface area contributed by atoms with Crippen LogP contribution in [0.15, 0.2) is 24.3 Å². The molecule has 2 heteroatoms. The van der Waals surface area contributed by atoms with Gasteiger partial charge in [-0.25, -0.2) is 0 Å². The smallest absolute Gasteiger partial charge is 0.0715 e. The summed E-state index contributed by atoms with van der Waals surface area (Å²) < 4.78 is 0. The van der Waals surface area contributed by atoms with Crippen LogP contribution in [0.5, 0.6) is 0 Å². The Morgan fingerprint density at radius 2 is 1.81 bits per heavy atom. The summed E-state index contributed by atoms with van der Waals surface area (Å²) in [5, 5.41) is 12.9. The second-order valence-electron chi connectivity index (χ2n) is 5.28. The summed E-state index contributed by atoms with van der Waals surface area (Å²) in [4.78, 5) is 0. The van der Waals surface area contributed by atoms with E-state index in [0.717, 1.165) is 6.42 Å². The van der Waals surface area contributed by atoms with Gasteiger partial charge in [-0.1, -0.05) is 29.8 Å². The molecule has 2 N–H and O–H groups in total. The average Bonchev–Trinajstić information content (AvgIpc) is 2.18. The summed E-state index contributed by atoms with van der Waals surface area (Å²) in [5.74, 6) is 0. The summed E-state index contributed by atoms with van der Waals surface area (Å²) in [5.41, 5.74) is 1.99. The third kappa shape index (κ3) is 5.29. The number of aliphatic hydroxyl groups is 1. The van der Waals surface area contributed by atoms with E-state index in [4.69, 9.17) is 0 Å². The van der Waals surface area contributed by atoms with Gasteiger partial charge < -0.3 is 10.4 Å². The van der Waals surface area contributed by atoms with Crippen molar-refractivity contribution in [2.75, 3.05) is 6.54 Å². The van der Waals surface area contributed by atoms with E-state index in [0.29, 0.717) is 12.6 Å². The van der Waals surface area contributed by atoms with E-state index >= 15 is 0 Å². The summed E-state index contributed by atoms with van der Waals surface area (Å²) >= 11 is 0. The molecular formula is C14H23NO. The van der Waals surface area contributed by atoms with Gasteiger partial charge in [0, 0.05) is 12.6 Å². The Hall–Kier alpha value is -0.860. The molecular weight excluding hydrogens is 198 g/mol. The van der Waals surface area contributed by atoms with Crippen LogP contribution in [-0.2, 0) is 6.42 Å². The number of aryl methyl sites for hydroxylation is 1. The summed E-state index contributed by atoms with van der Waals surface area (Å²) in [7, 11) is 0. The van der Waals surface area contributed by atoms with Crippen molar-refractivity contribution < 1.29 is 5.11 Å². The van der Waals surface area contributed by atoms with Crippen molar-refractivity contribution in [3.63, 3.8) is 0 Å². The summed E-state index contributed by atoms with van der Waals surface area (Å²) in [6.07, 6.45) is 0.996. The van der Waals surface area contributed by atoms with Gasteiger partial charge in [0.05, 0.1) is 5.60 Å². The number of rotatable bonds is 5. The van der Waals surface area contributed by atoms with Crippen molar-refractivity contribution in [3.05, 3.63) is 35.4 Å². The van der Waals surface area contributed by atoms with Crippen molar-refractivity contribution in [1.82, 2.24) is 5.32 Å². The number of hydrogen-bond donors (Lipinski definition) is 2. The molecule has 0 aliphatic heterocycles. The van der Waals surface area contributed by atoms with E-state index in [9.17, 15) is 5.11 Å². The molecule has 0 radical (unpaired) electrons. The lowest BCUT2D eigenvalue weighted by molar-refractivity contribution is 0.0770. The van der Waals surface area contributed by atoms with Crippen molar-refractivity contribution in [3.8, 4) is 0 Å². The summed E-state index contributed by atoms with van der Waals surface area (Å²) in [6, 6.07) is 8.99. The maximum atomic E-state index is 9.61. The molecule has 1 unspecified atom stereocenters. The van der Waals surface area contributed by atoms with Crippen LogP contribution in [0.1, 0.15) is 31.9 Å². The molecule has 0 saturated carbocycles. The molecule has 1 atom stereocenters. The Morgan fingerprint density at radius 1 is 1.25 bits per heavy atom. The van der Waals surface area contributed by atoms with Crippen molar-refractivity contribution >= 4 is 0 Å². The number of hydrogen-bond acceptors (Lipinski definition) is 2. The van der Waals surface area contributed by atoms with E-state index in [-0.39, 0.29) is 0 Å². The van der Waals surface area contributed by atoms with Gasteiger partial charge in [0.2, 0.25) is 0 Å². The molecule has 0 bridgehead atoms. The quantitative estimate of drug-likeness (QED) is 0.799. The topological polar surface area (TPSA) is 32.3 Å². The van der Waals surface area contributed by atoms with Crippen LogP contribution >= 0.6 is 0 Å². The largest absolute Gasteiger partial charge is 0.389 e. The molecule has 0 amide bonds. The van der Waals surface area contributed by atoms with Gasteiger partial charge in [-0.15, -0.1) is 0 Å². The molecule has 2 nitrogen and oxygen atoms in total. The van der Waals surface area contributed by atoms with Crippen LogP contribution in [-0.4, -0.2) is 23.3 Å². The SMILES string of the molecule is Cc1ccc(CC(C)NCC(C)(C)O)cc1. The van der Waals surface area contributed by atoms with Crippen molar-refractivity contribution in [2.45, 2.75) is 45.8 Å². The van der Waals surface area contributed by atoms with Gasteiger partial charge in [0.15, 0.2) is 0 Å². The summed E-state index contributed by atoms with van der Waals surface area (Å²) in [6.45, 7) is 8.50. The van der Waals surface area contributed by atoms with Gasteiger partial charge in [-0.3, -0.25) is 0 Å². The molecule has 0 aromatic heterocycles. The van der Waals surface area contributed by atoms with E-state index in [1.54, 1.807) is 0 Å². The number of benzene rings is 1. The highest BCUT2D eigenvalue weighted by Crippen LogP contribution is 2.06. The first kappa shape index (κ1) is 13.2. The zero-order valence-corrected chi connectivity index (χ0v) is 10.7. The molecule has 90 valence electrons. The molecule has 0 aliphatic rings. The van der Waals surface area contributed by atoms with Crippen LogP contribution in [0.3, 0.4) is 0 Å². The fraction of sp³-hybridized carbons (Fsp3) is 0.571. The second kappa shape index (κ2) is 5.46. The average molecular weight is 221 g/mol. The van der Waals surface area contributed by atoms with Gasteiger partial charge in [0.25, 0.3) is 0 Å². The maximum absolute atomic E-state index is 9.61. The Bertz CT molecular complexity index is 311. The minimum absolute atomic E-state index is 0.383. The Morgan fingerprint density at radius 3 is 2.31 bits per heavy atom. The predicted molar refractivity (Wildman–Crippen MR) is 68.6 cm³/mol. The van der Waals surface area contributed by atoms with Crippen LogP contribution < -0.4 is 5.32 Å². The predicted octanol–water partition coefficient (Wildman–Crippen LogP) is 2.29. The molecule has 0 spiro atoms. The Balaban J connectivity index is 2.39. The van der Waals surface area contributed by atoms with Crippen molar-refractivity contribution in [1.29, 1.82) is 0 Å². The zero-order chi connectivity index (χ0) is 12.2.